The predicted molar refractivity (Wildman–Crippen MR) is 169 cm³/mol. The molecule has 0 spiro atoms. The van der Waals surface area contributed by atoms with E-state index < -0.39 is 5.60 Å². The lowest BCUT2D eigenvalue weighted by atomic mass is 9.99. The van der Waals surface area contributed by atoms with Gasteiger partial charge < -0.3 is 14.3 Å². The van der Waals surface area contributed by atoms with E-state index in [4.69, 9.17) is 9.15 Å². The summed E-state index contributed by atoms with van der Waals surface area (Å²) in [6, 6.07) is 13.2. The molecule has 0 bridgehead atoms. The quantitative estimate of drug-likeness (QED) is 0.156. The van der Waals surface area contributed by atoms with Crippen LogP contribution in [0.15, 0.2) is 58.1 Å². The molecule has 0 radical (unpaired) electrons. The van der Waals surface area contributed by atoms with Crippen molar-refractivity contribution in [2.45, 2.75) is 80.8 Å². The van der Waals surface area contributed by atoms with Crippen LogP contribution in [0.25, 0.3) is 23.1 Å². The third kappa shape index (κ3) is 10.2. The molecule has 6 heteroatoms. The number of ether oxygens (including phenoxy) is 1. The van der Waals surface area contributed by atoms with Crippen LogP contribution in [-0.4, -0.2) is 35.3 Å². The molecule has 0 aliphatic rings. The predicted octanol–water partition coefficient (Wildman–Crippen LogP) is 6.91. The molecule has 0 unspecified atom stereocenters. The van der Waals surface area contributed by atoms with Crippen LogP contribution in [0.3, 0.4) is 0 Å². The van der Waals surface area contributed by atoms with E-state index in [-0.39, 0.29) is 11.7 Å². The number of carbonyl (C=O) groups excluding carboxylic acids is 1. The second-order valence-electron chi connectivity index (χ2n) is 11.3. The number of hydrogen-bond donors (Lipinski definition) is 1. The highest BCUT2D eigenvalue weighted by molar-refractivity contribution is 5.97. The van der Waals surface area contributed by atoms with Crippen LogP contribution in [0.1, 0.15) is 96.8 Å². The van der Waals surface area contributed by atoms with Gasteiger partial charge in [-0.05, 0) is 57.7 Å². The van der Waals surface area contributed by atoms with Crippen LogP contribution in [-0.2, 0) is 10.3 Å². The Morgan fingerprint density at radius 3 is 2.29 bits per heavy atom. The molecule has 3 aromatic rings. The van der Waals surface area contributed by atoms with Crippen molar-refractivity contribution in [3.63, 3.8) is 0 Å². The summed E-state index contributed by atoms with van der Waals surface area (Å²) >= 11 is 0. The van der Waals surface area contributed by atoms with Crippen LogP contribution < -0.4 is 10.6 Å². The molecule has 6 nitrogen and oxygen atoms in total. The van der Waals surface area contributed by atoms with Gasteiger partial charge in [0.2, 0.25) is 0 Å². The minimum Gasteiger partial charge on any atom is -0.454 e. The van der Waals surface area contributed by atoms with Crippen molar-refractivity contribution in [1.29, 1.82) is 0 Å². The molecular formula is C35H48N2O4. The molecule has 0 saturated carbocycles. The van der Waals surface area contributed by atoms with Gasteiger partial charge >= 0.3 is 0 Å². The highest BCUT2D eigenvalue weighted by Crippen LogP contribution is 2.23. The smallest absolute Gasteiger partial charge is 0.165 e. The maximum absolute atomic E-state index is 12.3. The van der Waals surface area contributed by atoms with Crippen LogP contribution in [0.5, 0.6) is 0 Å². The van der Waals surface area contributed by atoms with Crippen molar-refractivity contribution in [2.24, 2.45) is 16.8 Å². The fourth-order valence-electron chi connectivity index (χ4n) is 4.01. The molecule has 1 aromatic carbocycles. The normalized spacial score (nSPS) is 13.1. The lowest BCUT2D eigenvalue weighted by Crippen LogP contribution is -2.23. The maximum Gasteiger partial charge on any atom is 0.165 e. The Hall–Kier alpha value is -3.35. The number of Topliss-reactive ketones (excluding diaryl/α,β-unsaturated/α-hetero) is 1. The number of nitrogens with zero attached hydrogens (tertiary/aromatic N) is 2. The number of ketones is 1. The average molecular weight is 561 g/mol. The Bertz CT molecular complexity index is 1390. The van der Waals surface area contributed by atoms with Crippen molar-refractivity contribution in [3.8, 4) is 11.3 Å². The summed E-state index contributed by atoms with van der Waals surface area (Å²) in [5.41, 5.74) is 3.20. The second kappa shape index (κ2) is 16.2. The fraction of sp³-hybridized carbons (Fsp3) is 0.457. The molecule has 0 atom stereocenters. The number of furan rings is 1. The largest absolute Gasteiger partial charge is 0.454 e. The lowest BCUT2D eigenvalue weighted by Gasteiger charge is -2.17. The van der Waals surface area contributed by atoms with Gasteiger partial charge in [0, 0.05) is 53.5 Å². The van der Waals surface area contributed by atoms with E-state index in [1.54, 1.807) is 26.3 Å². The van der Waals surface area contributed by atoms with Gasteiger partial charge in [-0.2, -0.15) is 0 Å². The first-order valence-corrected chi connectivity index (χ1v) is 14.7. The van der Waals surface area contributed by atoms with Crippen LogP contribution in [0.4, 0.5) is 0 Å². The zero-order valence-corrected chi connectivity index (χ0v) is 26.3. The number of aliphatic imine (C=N–C) groups is 1. The number of aromatic nitrogens is 1. The third-order valence-electron chi connectivity index (χ3n) is 6.10. The summed E-state index contributed by atoms with van der Waals surface area (Å²) in [6.07, 6.45) is 7.46. The van der Waals surface area contributed by atoms with E-state index >= 15 is 0 Å². The highest BCUT2D eigenvalue weighted by atomic mass is 16.5. The summed E-state index contributed by atoms with van der Waals surface area (Å²) in [6.45, 7) is 19.4. The Morgan fingerprint density at radius 2 is 1.76 bits per heavy atom. The van der Waals surface area contributed by atoms with E-state index in [2.05, 4.69) is 43.7 Å². The molecule has 0 aliphatic heterocycles. The monoisotopic (exact) mass is 560 g/mol. The van der Waals surface area contributed by atoms with E-state index in [1.807, 2.05) is 63.2 Å². The van der Waals surface area contributed by atoms with Crippen molar-refractivity contribution in [1.82, 2.24) is 4.98 Å². The molecule has 222 valence electrons. The zero-order valence-electron chi connectivity index (χ0n) is 26.3. The van der Waals surface area contributed by atoms with Crippen molar-refractivity contribution in [2.75, 3.05) is 13.2 Å². The summed E-state index contributed by atoms with van der Waals surface area (Å²) < 4.78 is 11.6. The van der Waals surface area contributed by atoms with Gasteiger partial charge in [-0.3, -0.25) is 14.8 Å². The Balaban J connectivity index is 0.000000642. The number of benzene rings is 1. The van der Waals surface area contributed by atoms with Crippen LogP contribution in [0, 0.1) is 11.8 Å². The zero-order chi connectivity index (χ0) is 30.6. The molecule has 0 aliphatic carbocycles. The van der Waals surface area contributed by atoms with Gasteiger partial charge in [-0.1, -0.05) is 71.9 Å². The van der Waals surface area contributed by atoms with E-state index in [0.29, 0.717) is 34.0 Å². The number of hydrogen-bond acceptors (Lipinski definition) is 6. The highest BCUT2D eigenvalue weighted by Gasteiger charge is 2.19. The topological polar surface area (TPSA) is 84.9 Å². The molecule has 2 heterocycles. The second-order valence-corrected chi connectivity index (χ2v) is 11.3. The Labute approximate surface area is 245 Å². The van der Waals surface area contributed by atoms with E-state index in [0.717, 1.165) is 42.4 Å². The molecule has 0 fully saturated rings. The van der Waals surface area contributed by atoms with Crippen LogP contribution in [0.2, 0.25) is 0 Å². The summed E-state index contributed by atoms with van der Waals surface area (Å²) in [7, 11) is 0. The molecule has 3 rings (SSSR count). The lowest BCUT2D eigenvalue weighted by molar-refractivity contribution is 0.0738. The summed E-state index contributed by atoms with van der Waals surface area (Å²) in [5, 5.41) is 11.4. The first-order chi connectivity index (χ1) is 19.4. The standard InChI is InChI=1S/C28H32N2O3.C7H16O/c1-7-9-22-16-23(19-10-12-20(13-11-19)26(31)18(3)4)33-27(22)25(29-8-2)21-14-15-30-24(17-21)28(5,6)32;1-4-5-8-6-7(2)3/h8-18,32H,7H2,1-6H3;7H,4-6H2,1-3H3/b22-9+,27-25+,29-8?;. The Morgan fingerprint density at radius 1 is 1.07 bits per heavy atom. The minimum absolute atomic E-state index is 0.0463. The van der Waals surface area contributed by atoms with E-state index in [1.165, 1.54) is 0 Å². The van der Waals surface area contributed by atoms with Gasteiger partial charge in [0.25, 0.3) is 0 Å². The average Bonchev–Trinajstić information content (AvgIpc) is 3.35. The number of carbonyl (C=O) groups is 1. The molecular weight excluding hydrogens is 512 g/mol. The number of aliphatic hydroxyl groups is 1. The van der Waals surface area contributed by atoms with Gasteiger partial charge in [0.05, 0.1) is 5.69 Å². The molecule has 41 heavy (non-hydrogen) atoms. The van der Waals surface area contributed by atoms with Gasteiger partial charge in [0.1, 0.15) is 17.1 Å². The fourth-order valence-corrected chi connectivity index (χ4v) is 4.01. The molecule has 1 N–H and O–H groups in total. The first kappa shape index (κ1) is 33.9. The first-order valence-electron chi connectivity index (χ1n) is 14.7. The summed E-state index contributed by atoms with van der Waals surface area (Å²) in [5.74, 6) is 1.46. The van der Waals surface area contributed by atoms with E-state index in [9.17, 15) is 9.90 Å². The molecule has 0 amide bonds. The number of pyridine rings is 1. The maximum atomic E-state index is 12.3. The van der Waals surface area contributed by atoms with Crippen molar-refractivity contribution >= 4 is 23.8 Å². The van der Waals surface area contributed by atoms with Gasteiger partial charge in [-0.25, -0.2) is 0 Å². The van der Waals surface area contributed by atoms with Gasteiger partial charge in [0.15, 0.2) is 11.2 Å². The summed E-state index contributed by atoms with van der Waals surface area (Å²) in [4.78, 5) is 21.2. The van der Waals surface area contributed by atoms with Crippen molar-refractivity contribution in [3.05, 3.63) is 76.1 Å². The van der Waals surface area contributed by atoms with Crippen molar-refractivity contribution < 1.29 is 19.1 Å². The van der Waals surface area contributed by atoms with Crippen LogP contribution >= 0.6 is 0 Å². The number of rotatable bonds is 11. The third-order valence-corrected chi connectivity index (χ3v) is 6.10. The molecule has 0 saturated heterocycles. The minimum atomic E-state index is -1.07. The Kier molecular flexibility index (Phi) is 13.4. The SMILES string of the molecule is CC=N/C(c1ccnc(C(C)(C)O)c1)=c1/oc(-c2ccc(C(=O)C(C)C)cc2)c/c1=C\CC.CCCOCC(C)C. The molecule has 2 aromatic heterocycles. The van der Waals surface area contributed by atoms with Gasteiger partial charge in [-0.15, -0.1) is 0 Å².